The molecule has 0 aliphatic rings. The Kier molecular flexibility index (Phi) is 5.49. The van der Waals surface area contributed by atoms with Crippen LogP contribution in [-0.4, -0.2) is 28.4 Å². The van der Waals surface area contributed by atoms with Crippen molar-refractivity contribution in [3.05, 3.63) is 0 Å². The smallest absolute Gasteiger partial charge is 0.251 e. The molecule has 0 bridgehead atoms. The summed E-state index contributed by atoms with van der Waals surface area (Å²) in [7, 11) is 0. The molecule has 0 radical (unpaired) electrons. The van der Waals surface area contributed by atoms with E-state index in [1.165, 1.54) is 0 Å². The molecule has 3 amide bonds. The Morgan fingerprint density at radius 3 is 1.58 bits per heavy atom. The first-order valence-electron chi connectivity index (χ1n) is 6.27. The van der Waals surface area contributed by atoms with Crippen LogP contribution in [0, 0.1) is 11.3 Å². The minimum Gasteiger partial charge on any atom is -0.378 e. The van der Waals surface area contributed by atoms with E-state index in [-0.39, 0.29) is 19.3 Å². The van der Waals surface area contributed by atoms with E-state index in [0.717, 1.165) is 0 Å². The van der Waals surface area contributed by atoms with Crippen LogP contribution in [0.4, 0.5) is 0 Å². The second kappa shape index (κ2) is 6.01. The number of amides is 3. The van der Waals surface area contributed by atoms with Gasteiger partial charge in [0.2, 0.25) is 11.8 Å². The van der Waals surface area contributed by atoms with Gasteiger partial charge in [-0.1, -0.05) is 20.8 Å². The van der Waals surface area contributed by atoms with Crippen LogP contribution in [0.5, 0.6) is 0 Å². The topological polar surface area (TPSA) is 150 Å². The van der Waals surface area contributed by atoms with E-state index in [4.69, 9.17) is 17.2 Å². The number of aliphatic hydroxyl groups is 1. The van der Waals surface area contributed by atoms with E-state index in [9.17, 15) is 19.5 Å². The number of rotatable bonds is 8. The summed E-state index contributed by atoms with van der Waals surface area (Å²) in [6.07, 6.45) is 0.216. The molecule has 0 fully saturated rings. The second-order valence-corrected chi connectivity index (χ2v) is 4.65. The molecule has 0 aromatic heterocycles. The molecule has 7 heteroatoms. The highest BCUT2D eigenvalue weighted by Crippen LogP contribution is 2.44. The Labute approximate surface area is 112 Å². The first-order valence-corrected chi connectivity index (χ1v) is 6.27. The zero-order chi connectivity index (χ0) is 15.4. The lowest BCUT2D eigenvalue weighted by atomic mass is 9.60. The molecular formula is C12H23N3O4. The summed E-state index contributed by atoms with van der Waals surface area (Å²) in [5.41, 5.74) is 11.8. The fourth-order valence-corrected chi connectivity index (χ4v) is 2.77. The van der Waals surface area contributed by atoms with E-state index in [0.29, 0.717) is 0 Å². The number of hydrogen-bond donors (Lipinski definition) is 4. The third-order valence-electron chi connectivity index (χ3n) is 4.04. The first kappa shape index (κ1) is 17.4. The highest BCUT2D eigenvalue weighted by atomic mass is 16.3. The van der Waals surface area contributed by atoms with Gasteiger partial charge in [0.1, 0.15) is 0 Å². The number of nitrogens with two attached hydrogens (primary N) is 3. The van der Waals surface area contributed by atoms with Gasteiger partial charge in [0.15, 0.2) is 5.60 Å². The Balaban J connectivity index is 6.21. The monoisotopic (exact) mass is 273 g/mol. The number of hydrogen-bond acceptors (Lipinski definition) is 4. The Bertz CT molecular complexity index is 379. The third-order valence-corrected chi connectivity index (χ3v) is 4.04. The molecular weight excluding hydrogens is 250 g/mol. The first-order chi connectivity index (χ1) is 8.65. The Morgan fingerprint density at radius 2 is 1.42 bits per heavy atom. The van der Waals surface area contributed by atoms with Gasteiger partial charge in [-0.15, -0.1) is 0 Å². The average Bonchev–Trinajstić information content (AvgIpc) is 2.30. The molecule has 2 atom stereocenters. The second-order valence-electron chi connectivity index (χ2n) is 4.65. The van der Waals surface area contributed by atoms with Crippen LogP contribution in [0.15, 0.2) is 0 Å². The summed E-state index contributed by atoms with van der Waals surface area (Å²) in [5, 5.41) is 10.7. The quantitative estimate of drug-likeness (QED) is 0.448. The summed E-state index contributed by atoms with van der Waals surface area (Å²) >= 11 is 0. The highest BCUT2D eigenvalue weighted by Gasteiger charge is 2.61. The Morgan fingerprint density at radius 1 is 1.00 bits per heavy atom. The van der Waals surface area contributed by atoms with Crippen molar-refractivity contribution in [2.75, 3.05) is 0 Å². The van der Waals surface area contributed by atoms with Gasteiger partial charge in [-0.3, -0.25) is 14.4 Å². The largest absolute Gasteiger partial charge is 0.378 e. The van der Waals surface area contributed by atoms with Crippen molar-refractivity contribution < 1.29 is 19.5 Å². The van der Waals surface area contributed by atoms with Gasteiger partial charge in [0.25, 0.3) is 5.91 Å². The maximum atomic E-state index is 11.8. The summed E-state index contributed by atoms with van der Waals surface area (Å²) in [5.74, 6) is -4.20. The molecule has 0 aliphatic heterocycles. The van der Waals surface area contributed by atoms with Crippen LogP contribution >= 0.6 is 0 Å². The minimum atomic E-state index is -2.39. The molecule has 110 valence electrons. The predicted octanol–water partition coefficient (Wildman–Crippen LogP) is -0.994. The molecule has 0 saturated heterocycles. The van der Waals surface area contributed by atoms with E-state index in [2.05, 4.69) is 0 Å². The SMILES string of the molecule is CCC(C(N)=O)C(O)(C(N)=O)C(CC)(CC)C(N)=O. The lowest BCUT2D eigenvalue weighted by Crippen LogP contribution is -2.67. The van der Waals surface area contributed by atoms with Crippen molar-refractivity contribution in [1.29, 1.82) is 0 Å². The molecule has 0 aromatic rings. The fraction of sp³-hybridized carbons (Fsp3) is 0.750. The maximum absolute atomic E-state index is 11.8. The fourth-order valence-electron chi connectivity index (χ4n) is 2.77. The molecule has 7 nitrogen and oxygen atoms in total. The van der Waals surface area contributed by atoms with Gasteiger partial charge in [-0.2, -0.15) is 0 Å². The van der Waals surface area contributed by atoms with Gasteiger partial charge in [0.05, 0.1) is 11.3 Å². The molecule has 7 N–H and O–H groups in total. The van der Waals surface area contributed by atoms with E-state index in [1.807, 2.05) is 0 Å². The third kappa shape index (κ3) is 2.42. The summed E-state index contributed by atoms with van der Waals surface area (Å²) in [6.45, 7) is 4.76. The number of carbonyl (C=O) groups is 3. The lowest BCUT2D eigenvalue weighted by Gasteiger charge is -2.45. The van der Waals surface area contributed by atoms with Crippen molar-refractivity contribution in [1.82, 2.24) is 0 Å². The zero-order valence-electron chi connectivity index (χ0n) is 11.6. The maximum Gasteiger partial charge on any atom is 0.251 e. The van der Waals surface area contributed by atoms with E-state index < -0.39 is 34.7 Å². The standard InChI is InChI=1S/C12H23N3O4/c1-4-7(8(13)16)12(19,10(15)18)11(5-2,6-3)9(14)17/h7,19H,4-6H2,1-3H3,(H2,13,16)(H2,14,17)(H2,15,18). The molecule has 0 spiro atoms. The molecule has 0 aromatic carbocycles. The van der Waals surface area contributed by atoms with Gasteiger partial charge < -0.3 is 22.3 Å². The van der Waals surface area contributed by atoms with Crippen LogP contribution in [0.3, 0.4) is 0 Å². The van der Waals surface area contributed by atoms with Crippen LogP contribution in [-0.2, 0) is 14.4 Å². The molecule has 0 aliphatic carbocycles. The summed E-state index contributed by atoms with van der Waals surface area (Å²) in [4.78, 5) is 35.0. The van der Waals surface area contributed by atoms with Gasteiger partial charge >= 0.3 is 0 Å². The van der Waals surface area contributed by atoms with Crippen LogP contribution < -0.4 is 17.2 Å². The molecule has 0 rings (SSSR count). The van der Waals surface area contributed by atoms with Gasteiger partial charge in [-0.05, 0) is 19.3 Å². The zero-order valence-corrected chi connectivity index (χ0v) is 11.6. The highest BCUT2D eigenvalue weighted by molar-refractivity contribution is 5.98. The van der Waals surface area contributed by atoms with Crippen LogP contribution in [0.1, 0.15) is 40.0 Å². The molecule has 2 unspecified atom stereocenters. The molecule has 0 saturated carbocycles. The van der Waals surface area contributed by atoms with Crippen molar-refractivity contribution in [2.24, 2.45) is 28.5 Å². The Hall–Kier alpha value is -1.63. The van der Waals surface area contributed by atoms with Crippen LogP contribution in [0.25, 0.3) is 0 Å². The average molecular weight is 273 g/mol. The molecule has 0 heterocycles. The van der Waals surface area contributed by atoms with Crippen molar-refractivity contribution in [3.63, 3.8) is 0 Å². The number of primary amides is 3. The van der Waals surface area contributed by atoms with Gasteiger partial charge in [0, 0.05) is 0 Å². The van der Waals surface area contributed by atoms with Gasteiger partial charge in [-0.25, -0.2) is 0 Å². The van der Waals surface area contributed by atoms with E-state index in [1.54, 1.807) is 20.8 Å². The minimum absolute atomic E-state index is 0.0715. The lowest BCUT2D eigenvalue weighted by molar-refractivity contribution is -0.178. The summed E-state index contributed by atoms with van der Waals surface area (Å²) in [6, 6.07) is 0. The molecule has 19 heavy (non-hydrogen) atoms. The van der Waals surface area contributed by atoms with Crippen LogP contribution in [0.2, 0.25) is 0 Å². The van der Waals surface area contributed by atoms with Crippen molar-refractivity contribution in [3.8, 4) is 0 Å². The van der Waals surface area contributed by atoms with Crippen molar-refractivity contribution >= 4 is 17.7 Å². The van der Waals surface area contributed by atoms with Crippen molar-refractivity contribution in [2.45, 2.75) is 45.6 Å². The van der Waals surface area contributed by atoms with E-state index >= 15 is 0 Å². The predicted molar refractivity (Wildman–Crippen MR) is 69.3 cm³/mol. The normalized spacial score (nSPS) is 16.4. The summed E-state index contributed by atoms with van der Waals surface area (Å²) < 4.78 is 0. The number of carbonyl (C=O) groups excluding carboxylic acids is 3.